The smallest absolute Gasteiger partial charge is 0.303 e. The van der Waals surface area contributed by atoms with Crippen molar-refractivity contribution in [2.75, 3.05) is 6.61 Å². The zero-order chi connectivity index (χ0) is 20.4. The highest BCUT2D eigenvalue weighted by molar-refractivity contribution is 5.78. The Balaban J connectivity index is 1.83. The van der Waals surface area contributed by atoms with Crippen LogP contribution in [0.3, 0.4) is 0 Å². The number of hydrogen-bond donors (Lipinski definition) is 1. The van der Waals surface area contributed by atoms with E-state index in [0.29, 0.717) is 11.3 Å². The van der Waals surface area contributed by atoms with Gasteiger partial charge in [-0.15, -0.1) is 0 Å². The fourth-order valence-corrected chi connectivity index (χ4v) is 3.87. The minimum atomic E-state index is -0.645. The number of allylic oxidation sites excluding steroid dienone is 3. The van der Waals surface area contributed by atoms with Gasteiger partial charge >= 0.3 is 5.97 Å². The van der Waals surface area contributed by atoms with Crippen LogP contribution in [0.5, 0.6) is 0 Å². The van der Waals surface area contributed by atoms with Crippen LogP contribution in [0, 0.1) is 11.3 Å². The number of fused-ring (bicyclic) bond motifs is 2. The van der Waals surface area contributed by atoms with Crippen LogP contribution in [0.4, 0.5) is 0 Å². The Hall–Kier alpha value is -3.49. The first-order valence-electron chi connectivity index (χ1n) is 9.46. The van der Waals surface area contributed by atoms with Crippen LogP contribution in [-0.2, 0) is 9.53 Å². The predicted octanol–water partition coefficient (Wildman–Crippen LogP) is 4.05. The predicted molar refractivity (Wildman–Crippen MR) is 110 cm³/mol. The molecule has 0 saturated carbocycles. The quantitative estimate of drug-likeness (QED) is 0.807. The van der Waals surface area contributed by atoms with Crippen molar-refractivity contribution in [2.45, 2.75) is 25.4 Å². The number of aliphatic hydroxyl groups is 1. The van der Waals surface area contributed by atoms with Gasteiger partial charge in [0.05, 0.1) is 23.9 Å². The lowest BCUT2D eigenvalue weighted by molar-refractivity contribution is -0.144. The topological polar surface area (TPSA) is 83.2 Å². The summed E-state index contributed by atoms with van der Waals surface area (Å²) in [5, 5.41) is 19.0. The molecule has 0 aliphatic heterocycles. The number of nitriles is 1. The normalized spacial score (nSPS) is 19.4. The molecule has 2 aliphatic rings. The number of carbonyl (C=O) groups excluding carboxylic acids is 1. The number of pyridine rings is 1. The second-order valence-corrected chi connectivity index (χ2v) is 7.16. The molecule has 1 aromatic carbocycles. The van der Waals surface area contributed by atoms with Crippen molar-refractivity contribution < 1.29 is 14.6 Å². The van der Waals surface area contributed by atoms with Crippen LogP contribution in [0.2, 0.25) is 0 Å². The Morgan fingerprint density at radius 2 is 2.21 bits per heavy atom. The third-order valence-corrected chi connectivity index (χ3v) is 5.28. The van der Waals surface area contributed by atoms with Gasteiger partial charge in [0, 0.05) is 30.2 Å². The Morgan fingerprint density at radius 1 is 1.34 bits per heavy atom. The molecule has 0 saturated heterocycles. The van der Waals surface area contributed by atoms with E-state index in [4.69, 9.17) is 4.74 Å². The number of rotatable bonds is 3. The summed E-state index contributed by atoms with van der Waals surface area (Å²) in [5.41, 5.74) is 5.48. The van der Waals surface area contributed by atoms with Gasteiger partial charge in [-0.05, 0) is 41.3 Å². The van der Waals surface area contributed by atoms with Gasteiger partial charge in [0.15, 0.2) is 6.10 Å². The van der Waals surface area contributed by atoms with Gasteiger partial charge in [0.1, 0.15) is 0 Å². The largest absolute Gasteiger partial charge is 0.453 e. The maximum Gasteiger partial charge on any atom is 0.303 e. The maximum atomic E-state index is 11.9. The fraction of sp³-hybridized carbons (Fsp3) is 0.208. The molecule has 0 bridgehead atoms. The van der Waals surface area contributed by atoms with E-state index < -0.39 is 12.1 Å². The number of carbonyl (C=O) groups is 1. The molecule has 2 atom stereocenters. The molecule has 2 unspecified atom stereocenters. The summed E-state index contributed by atoms with van der Waals surface area (Å²) < 4.78 is 5.71. The average molecular weight is 384 g/mol. The van der Waals surface area contributed by atoms with Crippen molar-refractivity contribution >= 4 is 18.1 Å². The molecule has 1 N–H and O–H groups in total. The zero-order valence-electron chi connectivity index (χ0n) is 16.0. The highest BCUT2D eigenvalue weighted by Crippen LogP contribution is 2.38. The van der Waals surface area contributed by atoms with Crippen LogP contribution < -0.4 is 0 Å². The molecule has 5 heteroatoms. The molecular weight excluding hydrogens is 364 g/mol. The van der Waals surface area contributed by atoms with Gasteiger partial charge in [0.25, 0.3) is 0 Å². The van der Waals surface area contributed by atoms with E-state index in [1.54, 1.807) is 12.1 Å². The molecule has 1 heterocycles. The third kappa shape index (κ3) is 3.63. The first kappa shape index (κ1) is 18.9. The Labute approximate surface area is 169 Å². The summed E-state index contributed by atoms with van der Waals surface area (Å²) in [4.78, 5) is 16.5. The minimum absolute atomic E-state index is 0.0301. The average Bonchev–Trinajstić information content (AvgIpc) is 2.90. The summed E-state index contributed by atoms with van der Waals surface area (Å²) in [7, 11) is 0. The molecule has 2 aliphatic carbocycles. The van der Waals surface area contributed by atoms with Crippen molar-refractivity contribution in [3.05, 3.63) is 87.8 Å². The summed E-state index contributed by atoms with van der Waals surface area (Å²) in [6.07, 6.45) is 11.6. The summed E-state index contributed by atoms with van der Waals surface area (Å²) in [6.45, 7) is 1.41. The summed E-state index contributed by atoms with van der Waals surface area (Å²) >= 11 is 0. The van der Waals surface area contributed by atoms with E-state index in [9.17, 15) is 15.2 Å². The molecule has 1 aromatic heterocycles. The van der Waals surface area contributed by atoms with Gasteiger partial charge in [-0.3, -0.25) is 9.78 Å². The molecule has 0 radical (unpaired) electrons. The molecule has 0 fully saturated rings. The first-order valence-corrected chi connectivity index (χ1v) is 9.46. The van der Waals surface area contributed by atoms with Crippen LogP contribution in [0.15, 0.2) is 54.3 Å². The van der Waals surface area contributed by atoms with Crippen molar-refractivity contribution in [3.63, 3.8) is 0 Å². The van der Waals surface area contributed by atoms with Gasteiger partial charge in [-0.2, -0.15) is 5.26 Å². The molecule has 144 valence electrons. The van der Waals surface area contributed by atoms with Crippen LogP contribution in [0.25, 0.3) is 12.2 Å². The van der Waals surface area contributed by atoms with E-state index in [2.05, 4.69) is 17.1 Å². The SMILES string of the molecule is CC(=O)OC1c2cc(C3C=CC=C(CO)C3)cnc2C=Cc2c(C#N)cccc21. The lowest BCUT2D eigenvalue weighted by Crippen LogP contribution is -2.14. The third-order valence-electron chi connectivity index (χ3n) is 5.28. The second-order valence-electron chi connectivity index (χ2n) is 7.16. The van der Waals surface area contributed by atoms with E-state index in [1.807, 2.05) is 42.6 Å². The van der Waals surface area contributed by atoms with Gasteiger partial charge in [-0.1, -0.05) is 36.4 Å². The number of esters is 1. The Kier molecular flexibility index (Phi) is 5.11. The lowest BCUT2D eigenvalue weighted by Gasteiger charge is -2.23. The Morgan fingerprint density at radius 3 is 2.97 bits per heavy atom. The number of aliphatic hydroxyl groups excluding tert-OH is 1. The van der Waals surface area contributed by atoms with Crippen molar-refractivity contribution in [1.82, 2.24) is 4.98 Å². The maximum absolute atomic E-state index is 11.9. The zero-order valence-corrected chi connectivity index (χ0v) is 16.0. The van der Waals surface area contributed by atoms with Gasteiger partial charge in [0.2, 0.25) is 0 Å². The van der Waals surface area contributed by atoms with Crippen molar-refractivity contribution in [3.8, 4) is 6.07 Å². The van der Waals surface area contributed by atoms with E-state index in [1.165, 1.54) is 6.92 Å². The first-order chi connectivity index (χ1) is 14.1. The van der Waals surface area contributed by atoms with E-state index in [0.717, 1.165) is 34.2 Å². The molecule has 4 rings (SSSR count). The summed E-state index contributed by atoms with van der Waals surface area (Å²) in [6, 6.07) is 9.65. The van der Waals surface area contributed by atoms with Crippen LogP contribution >= 0.6 is 0 Å². The van der Waals surface area contributed by atoms with E-state index >= 15 is 0 Å². The highest BCUT2D eigenvalue weighted by Gasteiger charge is 2.27. The molecule has 5 nitrogen and oxygen atoms in total. The van der Waals surface area contributed by atoms with Gasteiger partial charge in [-0.25, -0.2) is 0 Å². The summed E-state index contributed by atoms with van der Waals surface area (Å²) in [5.74, 6) is -0.306. The van der Waals surface area contributed by atoms with Crippen molar-refractivity contribution in [1.29, 1.82) is 5.26 Å². The molecule has 0 amide bonds. The minimum Gasteiger partial charge on any atom is -0.453 e. The number of ether oxygens (including phenoxy) is 1. The fourth-order valence-electron chi connectivity index (χ4n) is 3.87. The number of benzene rings is 1. The van der Waals surface area contributed by atoms with E-state index in [-0.39, 0.29) is 12.5 Å². The number of aromatic nitrogens is 1. The second kappa shape index (κ2) is 7.86. The Bertz CT molecular complexity index is 1110. The van der Waals surface area contributed by atoms with Crippen LogP contribution in [0.1, 0.15) is 58.9 Å². The lowest BCUT2D eigenvalue weighted by atomic mass is 9.87. The highest BCUT2D eigenvalue weighted by atomic mass is 16.5. The molecular formula is C24H20N2O3. The monoisotopic (exact) mass is 384 g/mol. The molecule has 2 aromatic rings. The van der Waals surface area contributed by atoms with Crippen LogP contribution in [-0.4, -0.2) is 22.7 Å². The number of hydrogen-bond acceptors (Lipinski definition) is 5. The van der Waals surface area contributed by atoms with Crippen molar-refractivity contribution in [2.24, 2.45) is 0 Å². The molecule has 0 spiro atoms. The molecule has 29 heavy (non-hydrogen) atoms. The van der Waals surface area contributed by atoms with Gasteiger partial charge < -0.3 is 9.84 Å². The number of nitrogens with zero attached hydrogens (tertiary/aromatic N) is 2. The standard InChI is InChI=1S/C24H20N2O3/c1-15(28)29-24-21-7-3-6-18(12-25)20(21)8-9-23-22(24)11-19(13-26-23)17-5-2-4-16(10-17)14-27/h2-9,11,13,17,24,27H,10,14H2,1H3.